The van der Waals surface area contributed by atoms with Crippen molar-refractivity contribution < 1.29 is 22.3 Å². The fourth-order valence-corrected chi connectivity index (χ4v) is 3.98. The highest BCUT2D eigenvalue weighted by Gasteiger charge is 2.14. The van der Waals surface area contributed by atoms with Crippen LogP contribution in [0.5, 0.6) is 0 Å². The van der Waals surface area contributed by atoms with Crippen molar-refractivity contribution in [3.05, 3.63) is 77.9 Å². The van der Waals surface area contributed by atoms with E-state index in [0.717, 1.165) is 0 Å². The van der Waals surface area contributed by atoms with E-state index in [-0.39, 0.29) is 23.5 Å². The Morgan fingerprint density at radius 2 is 1.84 bits per heavy atom. The summed E-state index contributed by atoms with van der Waals surface area (Å²) in [4.78, 5) is 20.8. The summed E-state index contributed by atoms with van der Waals surface area (Å²) in [6, 6.07) is 12.2. The fourth-order valence-electron chi connectivity index (χ4n) is 2.84. The lowest BCUT2D eigenvalue weighted by molar-refractivity contribution is 0.0950. The standard InChI is InChI=1S/C22H23FN4O4S/c1-31-10-4-9-27-32(29,30)20-8-2-5-16(11-20)13-26-22(28)18-14-24-21(25-15-18)17-6-3-7-19(23)12-17/h2-3,5-8,11-12,14-15,27H,4,9-10,13H2,1H3,(H,26,28). The van der Waals surface area contributed by atoms with Crippen molar-refractivity contribution in [2.75, 3.05) is 20.3 Å². The molecule has 0 aliphatic rings. The molecular weight excluding hydrogens is 435 g/mol. The van der Waals surface area contributed by atoms with Crippen molar-refractivity contribution in [2.24, 2.45) is 0 Å². The number of amides is 1. The lowest BCUT2D eigenvalue weighted by Gasteiger charge is -2.09. The number of rotatable bonds is 10. The SMILES string of the molecule is COCCCNS(=O)(=O)c1cccc(CNC(=O)c2cnc(-c3cccc(F)c3)nc2)c1. The average Bonchev–Trinajstić information content (AvgIpc) is 2.80. The first-order valence-corrected chi connectivity index (χ1v) is 11.3. The summed E-state index contributed by atoms with van der Waals surface area (Å²) in [6.07, 6.45) is 3.27. The van der Waals surface area contributed by atoms with Crippen LogP contribution in [0.3, 0.4) is 0 Å². The lowest BCUT2D eigenvalue weighted by atomic mass is 10.2. The summed E-state index contributed by atoms with van der Waals surface area (Å²) >= 11 is 0. The number of benzene rings is 2. The first kappa shape index (κ1) is 23.5. The van der Waals surface area contributed by atoms with Gasteiger partial charge in [-0.2, -0.15) is 0 Å². The van der Waals surface area contributed by atoms with E-state index in [4.69, 9.17) is 4.74 Å². The summed E-state index contributed by atoms with van der Waals surface area (Å²) < 4.78 is 45.6. The van der Waals surface area contributed by atoms with Gasteiger partial charge in [0.2, 0.25) is 10.0 Å². The smallest absolute Gasteiger partial charge is 0.254 e. The summed E-state index contributed by atoms with van der Waals surface area (Å²) in [5.74, 6) is -0.513. The molecule has 0 saturated heterocycles. The molecule has 0 radical (unpaired) electrons. The number of halogens is 1. The molecule has 0 unspecified atom stereocenters. The number of hydrogen-bond donors (Lipinski definition) is 2. The maximum absolute atomic E-state index is 13.4. The third-order valence-electron chi connectivity index (χ3n) is 4.48. The van der Waals surface area contributed by atoms with Crippen LogP contribution in [0.2, 0.25) is 0 Å². The average molecular weight is 459 g/mol. The number of carbonyl (C=O) groups is 1. The van der Waals surface area contributed by atoms with Crippen LogP contribution >= 0.6 is 0 Å². The summed E-state index contributed by atoms with van der Waals surface area (Å²) in [6.45, 7) is 0.849. The van der Waals surface area contributed by atoms with Gasteiger partial charge in [-0.1, -0.05) is 24.3 Å². The normalized spacial score (nSPS) is 11.3. The zero-order chi connectivity index (χ0) is 23.0. The summed E-state index contributed by atoms with van der Waals surface area (Å²) in [5, 5.41) is 2.71. The van der Waals surface area contributed by atoms with Crippen molar-refractivity contribution in [3.8, 4) is 11.4 Å². The maximum atomic E-state index is 13.4. The minimum absolute atomic E-state index is 0.115. The molecule has 1 amide bonds. The molecule has 1 heterocycles. The Hall–Kier alpha value is -3.21. The van der Waals surface area contributed by atoms with Crippen LogP contribution < -0.4 is 10.0 Å². The van der Waals surface area contributed by atoms with Gasteiger partial charge in [-0.3, -0.25) is 4.79 Å². The van der Waals surface area contributed by atoms with Gasteiger partial charge in [-0.15, -0.1) is 0 Å². The Kier molecular flexibility index (Phi) is 7.98. The monoisotopic (exact) mass is 458 g/mol. The molecule has 8 nitrogen and oxygen atoms in total. The van der Waals surface area contributed by atoms with Crippen LogP contribution in [-0.2, 0) is 21.3 Å². The van der Waals surface area contributed by atoms with Crippen LogP contribution in [0.25, 0.3) is 11.4 Å². The van der Waals surface area contributed by atoms with Crippen LogP contribution in [0.15, 0.2) is 65.8 Å². The highest BCUT2D eigenvalue weighted by atomic mass is 32.2. The molecule has 0 fully saturated rings. The highest BCUT2D eigenvalue weighted by molar-refractivity contribution is 7.89. The zero-order valence-corrected chi connectivity index (χ0v) is 18.2. The van der Waals surface area contributed by atoms with Crippen molar-refractivity contribution in [2.45, 2.75) is 17.9 Å². The molecule has 3 rings (SSSR count). The molecule has 2 N–H and O–H groups in total. The molecule has 10 heteroatoms. The molecule has 0 atom stereocenters. The van der Waals surface area contributed by atoms with E-state index in [2.05, 4.69) is 20.0 Å². The Balaban J connectivity index is 1.60. The van der Waals surface area contributed by atoms with E-state index >= 15 is 0 Å². The van der Waals surface area contributed by atoms with Gasteiger partial charge in [0.15, 0.2) is 5.82 Å². The lowest BCUT2D eigenvalue weighted by Crippen LogP contribution is -2.26. The van der Waals surface area contributed by atoms with Gasteiger partial charge in [-0.25, -0.2) is 27.5 Å². The largest absolute Gasteiger partial charge is 0.385 e. The van der Waals surface area contributed by atoms with Gasteiger partial charge in [-0.05, 0) is 36.2 Å². The zero-order valence-electron chi connectivity index (χ0n) is 17.4. The minimum Gasteiger partial charge on any atom is -0.385 e. The third kappa shape index (κ3) is 6.39. The quantitative estimate of drug-likeness (QED) is 0.452. The third-order valence-corrected chi connectivity index (χ3v) is 5.93. The van der Waals surface area contributed by atoms with E-state index in [0.29, 0.717) is 30.0 Å². The van der Waals surface area contributed by atoms with E-state index in [1.807, 2.05) is 0 Å². The van der Waals surface area contributed by atoms with Crippen LogP contribution in [-0.4, -0.2) is 44.6 Å². The van der Waals surface area contributed by atoms with Crippen molar-refractivity contribution in [1.82, 2.24) is 20.0 Å². The van der Waals surface area contributed by atoms with Gasteiger partial charge >= 0.3 is 0 Å². The first-order chi connectivity index (χ1) is 15.4. The second kappa shape index (κ2) is 10.9. The number of aromatic nitrogens is 2. The van der Waals surface area contributed by atoms with Crippen LogP contribution in [0, 0.1) is 5.82 Å². The molecule has 2 aromatic carbocycles. The topological polar surface area (TPSA) is 110 Å². The minimum atomic E-state index is -3.65. The van der Waals surface area contributed by atoms with Gasteiger partial charge in [0.05, 0.1) is 10.5 Å². The Morgan fingerprint density at radius 1 is 1.09 bits per heavy atom. The van der Waals surface area contributed by atoms with Gasteiger partial charge in [0.25, 0.3) is 5.91 Å². The van der Waals surface area contributed by atoms with E-state index in [1.54, 1.807) is 31.4 Å². The summed E-state index contributed by atoms with van der Waals surface area (Å²) in [7, 11) is -2.10. The van der Waals surface area contributed by atoms with Crippen molar-refractivity contribution in [1.29, 1.82) is 0 Å². The Morgan fingerprint density at radius 3 is 2.56 bits per heavy atom. The Labute approximate surface area is 185 Å². The fraction of sp³-hybridized carbons (Fsp3) is 0.227. The predicted octanol–water partition coefficient (Wildman–Crippen LogP) is 2.53. The second-order valence-corrected chi connectivity index (χ2v) is 8.65. The Bertz CT molecular complexity index is 1170. The van der Waals surface area contributed by atoms with Crippen molar-refractivity contribution in [3.63, 3.8) is 0 Å². The number of sulfonamides is 1. The van der Waals surface area contributed by atoms with E-state index < -0.39 is 21.7 Å². The first-order valence-electron chi connectivity index (χ1n) is 9.83. The van der Waals surface area contributed by atoms with Gasteiger partial charge in [0.1, 0.15) is 5.82 Å². The maximum Gasteiger partial charge on any atom is 0.254 e. The molecule has 168 valence electrons. The molecule has 0 saturated carbocycles. The van der Waals surface area contributed by atoms with E-state index in [1.165, 1.54) is 36.7 Å². The predicted molar refractivity (Wildman–Crippen MR) is 117 cm³/mol. The molecule has 0 spiro atoms. The molecule has 0 bridgehead atoms. The van der Waals surface area contributed by atoms with Gasteiger partial charge < -0.3 is 10.1 Å². The van der Waals surface area contributed by atoms with E-state index in [9.17, 15) is 17.6 Å². The molecule has 1 aromatic heterocycles. The number of carbonyl (C=O) groups excluding carboxylic acids is 1. The van der Waals surface area contributed by atoms with Crippen molar-refractivity contribution >= 4 is 15.9 Å². The second-order valence-electron chi connectivity index (χ2n) is 6.88. The molecule has 0 aliphatic carbocycles. The number of nitrogens with zero attached hydrogens (tertiary/aromatic N) is 2. The molecule has 32 heavy (non-hydrogen) atoms. The number of methoxy groups -OCH3 is 1. The number of ether oxygens (including phenoxy) is 1. The van der Waals surface area contributed by atoms with Gasteiger partial charge in [0, 0.05) is 44.8 Å². The molecule has 0 aliphatic heterocycles. The highest BCUT2D eigenvalue weighted by Crippen LogP contribution is 2.16. The van der Waals surface area contributed by atoms with Crippen LogP contribution in [0.1, 0.15) is 22.3 Å². The molecule has 3 aromatic rings. The number of nitrogens with one attached hydrogen (secondary N) is 2. The molecular formula is C22H23FN4O4S. The summed E-state index contributed by atoms with van der Waals surface area (Å²) in [5.41, 5.74) is 1.36. The van der Waals surface area contributed by atoms with Crippen LogP contribution in [0.4, 0.5) is 4.39 Å². The number of hydrogen-bond acceptors (Lipinski definition) is 6.